The third-order valence-corrected chi connectivity index (χ3v) is 5.80. The van der Waals surface area contributed by atoms with E-state index in [1.54, 1.807) is 18.2 Å². The van der Waals surface area contributed by atoms with E-state index in [-0.39, 0.29) is 22.7 Å². The molecule has 3 aromatic carbocycles. The van der Waals surface area contributed by atoms with Gasteiger partial charge in [0.15, 0.2) is 0 Å². The fraction of sp³-hybridized carbons (Fsp3) is 0.0909. The van der Waals surface area contributed by atoms with Gasteiger partial charge in [-0.05, 0) is 82.6 Å². The van der Waals surface area contributed by atoms with Gasteiger partial charge in [0.05, 0.1) is 5.02 Å². The number of allylic oxidation sites excluding steroid dienone is 1. The van der Waals surface area contributed by atoms with Gasteiger partial charge in [-0.25, -0.2) is 4.39 Å². The van der Waals surface area contributed by atoms with Crippen LogP contribution in [0, 0.1) is 9.39 Å². The van der Waals surface area contributed by atoms with E-state index in [1.807, 2.05) is 31.2 Å². The van der Waals surface area contributed by atoms with Gasteiger partial charge in [-0.2, -0.15) is 0 Å². The van der Waals surface area contributed by atoms with Crippen molar-refractivity contribution in [3.63, 3.8) is 0 Å². The second-order valence-corrected chi connectivity index (χ2v) is 7.99. The van der Waals surface area contributed by atoms with E-state index in [0.29, 0.717) is 11.3 Å². The Morgan fingerprint density at radius 1 is 1.00 bits per heavy atom. The third-order valence-electron chi connectivity index (χ3n) is 4.70. The van der Waals surface area contributed by atoms with Gasteiger partial charge in [-0.15, -0.1) is 0 Å². The molecule has 5 heteroatoms. The Morgan fingerprint density at radius 3 is 2.33 bits per heavy atom. The van der Waals surface area contributed by atoms with Crippen molar-refractivity contribution in [3.05, 3.63) is 91.8 Å². The highest BCUT2D eigenvalue weighted by atomic mass is 127. The largest absolute Gasteiger partial charge is 0.506 e. The van der Waals surface area contributed by atoms with Crippen LogP contribution in [0.4, 0.5) is 4.39 Å². The Morgan fingerprint density at radius 2 is 1.67 bits per heavy atom. The number of rotatable bonds is 2. The van der Waals surface area contributed by atoms with Crippen molar-refractivity contribution in [1.29, 1.82) is 0 Å². The monoisotopic (exact) mass is 492 g/mol. The van der Waals surface area contributed by atoms with E-state index < -0.39 is 0 Å². The van der Waals surface area contributed by atoms with E-state index in [1.165, 1.54) is 18.2 Å². The fourth-order valence-corrected chi connectivity index (χ4v) is 4.04. The molecule has 136 valence electrons. The molecule has 2 nitrogen and oxygen atoms in total. The van der Waals surface area contributed by atoms with E-state index in [2.05, 4.69) is 22.6 Å². The first-order valence-corrected chi connectivity index (χ1v) is 9.82. The first-order valence-electron chi connectivity index (χ1n) is 8.36. The van der Waals surface area contributed by atoms with Crippen LogP contribution in [0.2, 0.25) is 5.02 Å². The molecule has 1 heterocycles. The molecule has 0 amide bonds. The third kappa shape index (κ3) is 3.32. The van der Waals surface area contributed by atoms with Crippen molar-refractivity contribution in [2.24, 2.45) is 0 Å². The average molecular weight is 493 g/mol. The number of phenols is 1. The maximum Gasteiger partial charge on any atom is 0.150 e. The molecule has 0 fully saturated rings. The van der Waals surface area contributed by atoms with Gasteiger partial charge in [-0.3, -0.25) is 0 Å². The Labute approximate surface area is 175 Å². The molecule has 1 atom stereocenters. The van der Waals surface area contributed by atoms with Crippen LogP contribution in [0.3, 0.4) is 0 Å². The number of hydrogen-bond acceptors (Lipinski definition) is 2. The molecule has 1 aliphatic heterocycles. The topological polar surface area (TPSA) is 29.5 Å². The Hall–Kier alpha value is -2.05. The van der Waals surface area contributed by atoms with Crippen molar-refractivity contribution in [3.8, 4) is 11.5 Å². The summed E-state index contributed by atoms with van der Waals surface area (Å²) in [6, 6.07) is 17.7. The van der Waals surface area contributed by atoms with Gasteiger partial charge in [0, 0.05) is 14.7 Å². The summed E-state index contributed by atoms with van der Waals surface area (Å²) in [4.78, 5) is 0. The molecule has 1 aliphatic rings. The summed E-state index contributed by atoms with van der Waals surface area (Å²) in [7, 11) is 0. The molecular formula is C22H15ClFIO2. The molecule has 0 bridgehead atoms. The molecule has 0 aliphatic carbocycles. The fourth-order valence-electron chi connectivity index (χ4n) is 3.38. The standard InChI is InChI=1S/C22H15ClFIO2/c1-12-19(13-2-6-15(24)7-3-13)22(14-4-8-16(25)9-5-14)27-18-11-10-17(26)21(23)20(12)18/h2-11,22,26H,1H3. The Kier molecular flexibility index (Phi) is 4.86. The maximum absolute atomic E-state index is 13.5. The van der Waals surface area contributed by atoms with Gasteiger partial charge < -0.3 is 9.84 Å². The summed E-state index contributed by atoms with van der Waals surface area (Å²) in [6.07, 6.45) is -0.361. The van der Waals surface area contributed by atoms with Gasteiger partial charge in [-0.1, -0.05) is 35.9 Å². The number of aromatic hydroxyl groups is 1. The molecule has 3 aromatic rings. The lowest BCUT2D eigenvalue weighted by atomic mass is 9.86. The van der Waals surface area contributed by atoms with Gasteiger partial charge in [0.25, 0.3) is 0 Å². The summed E-state index contributed by atoms with van der Waals surface area (Å²) >= 11 is 8.63. The second-order valence-electron chi connectivity index (χ2n) is 6.37. The summed E-state index contributed by atoms with van der Waals surface area (Å²) < 4.78 is 20.9. The maximum atomic E-state index is 13.5. The van der Waals surface area contributed by atoms with E-state index >= 15 is 0 Å². The van der Waals surface area contributed by atoms with Gasteiger partial charge in [0.1, 0.15) is 23.4 Å². The lowest BCUT2D eigenvalue weighted by molar-refractivity contribution is 0.259. The SMILES string of the molecule is CC1=C(c2ccc(F)cc2)C(c2ccc(I)cc2)Oc2ccc(O)c(Cl)c21. The average Bonchev–Trinajstić information content (AvgIpc) is 2.66. The van der Waals surface area contributed by atoms with Crippen molar-refractivity contribution in [2.75, 3.05) is 0 Å². The van der Waals surface area contributed by atoms with Crippen LogP contribution in [0.15, 0.2) is 60.7 Å². The van der Waals surface area contributed by atoms with Crippen LogP contribution in [-0.2, 0) is 0 Å². The first-order chi connectivity index (χ1) is 13.0. The summed E-state index contributed by atoms with van der Waals surface area (Å²) in [5.41, 5.74) is 4.30. The molecule has 1 N–H and O–H groups in total. The minimum absolute atomic E-state index is 0.00420. The molecule has 0 saturated carbocycles. The predicted molar refractivity (Wildman–Crippen MR) is 115 cm³/mol. The predicted octanol–water partition coefficient (Wildman–Crippen LogP) is 6.85. The highest BCUT2D eigenvalue weighted by Gasteiger charge is 2.31. The number of hydrogen-bond donors (Lipinski definition) is 1. The quantitative estimate of drug-likeness (QED) is 0.396. The van der Waals surface area contributed by atoms with Crippen molar-refractivity contribution >= 4 is 45.3 Å². The number of ether oxygens (including phenoxy) is 1. The summed E-state index contributed by atoms with van der Waals surface area (Å²) in [6.45, 7) is 1.95. The molecule has 4 rings (SSSR count). The van der Waals surface area contributed by atoms with Crippen LogP contribution in [0.1, 0.15) is 29.7 Å². The molecule has 1 unspecified atom stereocenters. The normalized spacial score (nSPS) is 16.1. The van der Waals surface area contributed by atoms with Crippen LogP contribution in [0.5, 0.6) is 11.5 Å². The first kappa shape index (κ1) is 18.3. The van der Waals surface area contributed by atoms with Crippen LogP contribution in [-0.4, -0.2) is 5.11 Å². The molecular weight excluding hydrogens is 478 g/mol. The lowest BCUT2D eigenvalue weighted by Gasteiger charge is -2.31. The highest BCUT2D eigenvalue weighted by Crippen LogP contribution is 2.50. The Bertz CT molecular complexity index is 1040. The van der Waals surface area contributed by atoms with Gasteiger partial charge in [0.2, 0.25) is 0 Å². The molecule has 0 spiro atoms. The summed E-state index contributed by atoms with van der Waals surface area (Å²) in [5, 5.41) is 10.3. The van der Waals surface area contributed by atoms with Crippen LogP contribution in [0.25, 0.3) is 11.1 Å². The number of benzene rings is 3. The number of phenolic OH excluding ortho intramolecular Hbond substituents is 1. The van der Waals surface area contributed by atoms with Gasteiger partial charge >= 0.3 is 0 Å². The van der Waals surface area contributed by atoms with Crippen LogP contribution >= 0.6 is 34.2 Å². The molecule has 0 aromatic heterocycles. The highest BCUT2D eigenvalue weighted by molar-refractivity contribution is 14.1. The molecule has 0 radical (unpaired) electrons. The van der Waals surface area contributed by atoms with Crippen LogP contribution < -0.4 is 4.74 Å². The smallest absolute Gasteiger partial charge is 0.150 e. The van der Waals surface area contributed by atoms with Crippen molar-refractivity contribution in [2.45, 2.75) is 13.0 Å². The van der Waals surface area contributed by atoms with E-state index in [0.717, 1.165) is 25.8 Å². The minimum atomic E-state index is -0.361. The number of halogens is 3. The summed E-state index contributed by atoms with van der Waals surface area (Å²) in [5.74, 6) is 0.324. The van der Waals surface area contributed by atoms with Crippen molar-refractivity contribution in [1.82, 2.24) is 0 Å². The van der Waals surface area contributed by atoms with Crippen molar-refractivity contribution < 1.29 is 14.2 Å². The zero-order valence-electron chi connectivity index (χ0n) is 14.3. The molecule has 27 heavy (non-hydrogen) atoms. The molecule has 0 saturated heterocycles. The van der Waals surface area contributed by atoms with E-state index in [4.69, 9.17) is 16.3 Å². The van der Waals surface area contributed by atoms with E-state index in [9.17, 15) is 9.50 Å². The Balaban J connectivity index is 1.96. The zero-order chi connectivity index (χ0) is 19.1. The lowest BCUT2D eigenvalue weighted by Crippen LogP contribution is -2.16. The number of fused-ring (bicyclic) bond motifs is 1. The minimum Gasteiger partial charge on any atom is -0.506 e. The zero-order valence-corrected chi connectivity index (χ0v) is 17.3. The second kappa shape index (κ2) is 7.17.